The van der Waals surface area contributed by atoms with Crippen molar-refractivity contribution >= 4 is 23.9 Å². The van der Waals surface area contributed by atoms with Crippen molar-refractivity contribution in [2.75, 3.05) is 13.7 Å². The zero-order valence-electron chi connectivity index (χ0n) is 19.5. The molecule has 1 atom stereocenters. The van der Waals surface area contributed by atoms with E-state index in [1.807, 2.05) is 54.6 Å². The Kier molecular flexibility index (Phi) is 7.60. The van der Waals surface area contributed by atoms with Crippen LogP contribution in [0.2, 0.25) is 0 Å². The molecule has 9 heteroatoms. The molecule has 3 aromatic carbocycles. The van der Waals surface area contributed by atoms with Gasteiger partial charge in [0.15, 0.2) is 0 Å². The Hall–Kier alpha value is -4.66. The van der Waals surface area contributed by atoms with Crippen LogP contribution in [0.3, 0.4) is 0 Å². The molecular formula is C27H25N3O6. The number of esters is 1. The number of ether oxygens (including phenoxy) is 2. The fourth-order valence-corrected chi connectivity index (χ4v) is 4.20. The molecule has 36 heavy (non-hydrogen) atoms. The average molecular weight is 488 g/mol. The number of carbonyl (C=O) groups excluding carboxylic acids is 4. The van der Waals surface area contributed by atoms with Crippen molar-refractivity contribution in [3.63, 3.8) is 0 Å². The summed E-state index contributed by atoms with van der Waals surface area (Å²) in [4.78, 5) is 48.6. The minimum Gasteiger partial charge on any atom is -0.462 e. The predicted molar refractivity (Wildman–Crippen MR) is 130 cm³/mol. The van der Waals surface area contributed by atoms with E-state index >= 15 is 0 Å². The molecule has 0 aromatic heterocycles. The van der Waals surface area contributed by atoms with Crippen LogP contribution < -0.4 is 16.2 Å². The van der Waals surface area contributed by atoms with Crippen LogP contribution in [0.5, 0.6) is 0 Å². The molecule has 0 spiro atoms. The van der Waals surface area contributed by atoms with Gasteiger partial charge in [0.2, 0.25) is 0 Å². The van der Waals surface area contributed by atoms with Crippen LogP contribution in [0.15, 0.2) is 78.9 Å². The Balaban J connectivity index is 1.36. The van der Waals surface area contributed by atoms with Gasteiger partial charge < -0.3 is 14.8 Å². The summed E-state index contributed by atoms with van der Waals surface area (Å²) < 4.78 is 9.80. The highest BCUT2D eigenvalue weighted by Gasteiger charge is 2.29. The molecule has 0 heterocycles. The highest BCUT2D eigenvalue weighted by atomic mass is 16.6. The Bertz CT molecular complexity index is 1230. The Morgan fingerprint density at radius 1 is 0.806 bits per heavy atom. The number of amides is 3. The summed E-state index contributed by atoms with van der Waals surface area (Å²) in [6.45, 7) is 0.0717. The second kappa shape index (κ2) is 11.2. The minimum absolute atomic E-state index is 0.0717. The first-order valence-corrected chi connectivity index (χ1v) is 11.3. The summed E-state index contributed by atoms with van der Waals surface area (Å²) >= 11 is 0. The molecule has 0 radical (unpaired) electrons. The molecule has 0 unspecified atom stereocenters. The number of fused-ring (bicyclic) bond motifs is 3. The van der Waals surface area contributed by atoms with E-state index in [4.69, 9.17) is 4.74 Å². The highest BCUT2D eigenvalue weighted by Crippen LogP contribution is 2.44. The van der Waals surface area contributed by atoms with E-state index in [0.29, 0.717) is 0 Å². The van der Waals surface area contributed by atoms with Gasteiger partial charge in [0.05, 0.1) is 7.11 Å². The third-order valence-electron chi connectivity index (χ3n) is 5.91. The maximum Gasteiger partial charge on any atom is 0.426 e. The predicted octanol–water partition coefficient (Wildman–Crippen LogP) is 2.46. The van der Waals surface area contributed by atoms with Crippen molar-refractivity contribution in [2.45, 2.75) is 18.4 Å². The van der Waals surface area contributed by atoms with E-state index in [-0.39, 0.29) is 18.9 Å². The number of carbonyl (C=O) groups is 4. The molecule has 3 aromatic rings. The molecule has 0 bridgehead atoms. The van der Waals surface area contributed by atoms with Crippen molar-refractivity contribution in [1.29, 1.82) is 0 Å². The van der Waals surface area contributed by atoms with Crippen LogP contribution in [0.1, 0.15) is 22.6 Å². The van der Waals surface area contributed by atoms with Crippen molar-refractivity contribution in [2.24, 2.45) is 0 Å². The maximum absolute atomic E-state index is 12.7. The molecule has 0 fully saturated rings. The van der Waals surface area contributed by atoms with Gasteiger partial charge in [0, 0.05) is 12.3 Å². The molecule has 1 aliphatic carbocycles. The molecular weight excluding hydrogens is 462 g/mol. The first kappa shape index (κ1) is 24.5. The second-order valence-electron chi connectivity index (χ2n) is 8.15. The standard InChI is InChI=1S/C27H25N3O6/c1-35-26(33)25(32)28-23(15-17-9-3-2-4-10-17)24(31)29-30-27(34)36-16-22-20-13-7-5-11-18(20)19-12-6-8-14-21(19)22/h2-14,22-23H,15-16H2,1H3,(H,28,32)(H,29,31)(H,30,34)/t23-/m1/s1. The minimum atomic E-state index is -1.15. The molecule has 3 N–H and O–H groups in total. The van der Waals surface area contributed by atoms with E-state index in [1.54, 1.807) is 24.3 Å². The number of hydrogen-bond acceptors (Lipinski definition) is 6. The zero-order valence-corrected chi connectivity index (χ0v) is 19.5. The molecule has 0 aliphatic heterocycles. The van der Waals surface area contributed by atoms with E-state index in [2.05, 4.69) is 20.9 Å². The van der Waals surface area contributed by atoms with Gasteiger partial charge in [0.1, 0.15) is 12.6 Å². The number of benzene rings is 3. The van der Waals surface area contributed by atoms with E-state index in [0.717, 1.165) is 34.9 Å². The molecule has 0 saturated carbocycles. The molecule has 9 nitrogen and oxygen atoms in total. The lowest BCUT2D eigenvalue weighted by Gasteiger charge is -2.19. The fourth-order valence-electron chi connectivity index (χ4n) is 4.20. The number of methoxy groups -OCH3 is 1. The molecule has 0 saturated heterocycles. The van der Waals surface area contributed by atoms with Gasteiger partial charge in [0.25, 0.3) is 5.91 Å². The molecule has 1 aliphatic rings. The zero-order chi connectivity index (χ0) is 25.5. The van der Waals surface area contributed by atoms with Crippen LogP contribution in [0.25, 0.3) is 11.1 Å². The van der Waals surface area contributed by atoms with Crippen LogP contribution in [-0.4, -0.2) is 43.6 Å². The molecule has 3 amide bonds. The Morgan fingerprint density at radius 3 is 2.00 bits per heavy atom. The van der Waals surface area contributed by atoms with Crippen LogP contribution in [0, 0.1) is 0 Å². The summed E-state index contributed by atoms with van der Waals surface area (Å²) in [7, 11) is 1.06. The number of nitrogens with one attached hydrogen (secondary N) is 3. The summed E-state index contributed by atoms with van der Waals surface area (Å²) in [6.07, 6.45) is -0.773. The topological polar surface area (TPSA) is 123 Å². The van der Waals surface area contributed by atoms with Crippen molar-refractivity contribution < 1.29 is 28.7 Å². The van der Waals surface area contributed by atoms with Gasteiger partial charge in [-0.1, -0.05) is 78.9 Å². The number of hydrogen-bond donors (Lipinski definition) is 3. The van der Waals surface area contributed by atoms with Gasteiger partial charge in [-0.3, -0.25) is 15.0 Å². The summed E-state index contributed by atoms with van der Waals surface area (Å²) in [5.41, 5.74) is 9.51. The molecule has 184 valence electrons. The van der Waals surface area contributed by atoms with Gasteiger partial charge in [-0.05, 0) is 27.8 Å². The number of hydrazine groups is 1. The van der Waals surface area contributed by atoms with E-state index < -0.39 is 29.9 Å². The third-order valence-corrected chi connectivity index (χ3v) is 5.91. The fraction of sp³-hybridized carbons (Fsp3) is 0.185. The quantitative estimate of drug-likeness (QED) is 0.279. The first-order valence-electron chi connectivity index (χ1n) is 11.3. The summed E-state index contributed by atoms with van der Waals surface area (Å²) in [6, 6.07) is 23.6. The Labute approximate surface area is 207 Å². The largest absolute Gasteiger partial charge is 0.462 e. The van der Waals surface area contributed by atoms with Crippen LogP contribution in [0.4, 0.5) is 4.79 Å². The van der Waals surface area contributed by atoms with Crippen molar-refractivity contribution in [1.82, 2.24) is 16.2 Å². The Morgan fingerprint density at radius 2 is 1.39 bits per heavy atom. The smallest absolute Gasteiger partial charge is 0.426 e. The summed E-state index contributed by atoms with van der Waals surface area (Å²) in [5, 5.41) is 2.32. The lowest BCUT2D eigenvalue weighted by molar-refractivity contribution is -0.153. The third kappa shape index (κ3) is 5.52. The SMILES string of the molecule is COC(=O)C(=O)N[C@H](Cc1ccccc1)C(=O)NNC(=O)OCC1c2ccccc2-c2ccccc21. The lowest BCUT2D eigenvalue weighted by atomic mass is 9.98. The number of rotatable bonds is 6. The summed E-state index contributed by atoms with van der Waals surface area (Å²) in [5.74, 6) is -3.08. The van der Waals surface area contributed by atoms with Gasteiger partial charge in [-0.2, -0.15) is 0 Å². The second-order valence-corrected chi connectivity index (χ2v) is 8.15. The van der Waals surface area contributed by atoms with E-state index in [1.165, 1.54) is 0 Å². The maximum atomic E-state index is 12.7. The first-order chi connectivity index (χ1) is 17.5. The molecule has 4 rings (SSSR count). The average Bonchev–Trinajstić information content (AvgIpc) is 3.23. The van der Waals surface area contributed by atoms with Crippen LogP contribution >= 0.6 is 0 Å². The van der Waals surface area contributed by atoms with Crippen molar-refractivity contribution in [3.8, 4) is 11.1 Å². The normalized spacial score (nSPS) is 12.5. The van der Waals surface area contributed by atoms with Crippen molar-refractivity contribution in [3.05, 3.63) is 95.6 Å². The van der Waals surface area contributed by atoms with Gasteiger partial charge in [-0.25, -0.2) is 15.0 Å². The van der Waals surface area contributed by atoms with Gasteiger partial charge in [-0.15, -0.1) is 0 Å². The van der Waals surface area contributed by atoms with E-state index in [9.17, 15) is 19.2 Å². The monoisotopic (exact) mass is 487 g/mol. The van der Waals surface area contributed by atoms with Crippen LogP contribution in [-0.2, 0) is 30.3 Å². The lowest BCUT2D eigenvalue weighted by Crippen LogP contribution is -2.54. The van der Waals surface area contributed by atoms with Gasteiger partial charge >= 0.3 is 18.0 Å². The highest BCUT2D eigenvalue weighted by molar-refractivity contribution is 6.32.